The molecule has 112 valence electrons. The van der Waals surface area contributed by atoms with Gasteiger partial charge in [0.1, 0.15) is 11.6 Å². The highest BCUT2D eigenvalue weighted by atomic mass is 32.2. The fourth-order valence-corrected chi connectivity index (χ4v) is 3.48. The van der Waals surface area contributed by atoms with Crippen LogP contribution in [-0.4, -0.2) is 52.1 Å². The number of nitrogens with zero attached hydrogens (tertiary/aromatic N) is 1. The molecule has 1 atom stereocenters. The van der Waals surface area contributed by atoms with E-state index in [2.05, 4.69) is 10.6 Å². The number of sulfone groups is 1. The smallest absolute Gasteiger partial charge is 0.263 e. The van der Waals surface area contributed by atoms with E-state index in [4.69, 9.17) is 10.00 Å². The number of rotatable bonds is 7. The number of amides is 1. The Morgan fingerprint density at radius 3 is 2.85 bits per heavy atom. The fraction of sp³-hybridized carbons (Fsp3) is 0.667. The molecule has 1 unspecified atom stereocenters. The van der Waals surface area contributed by atoms with E-state index in [0.717, 1.165) is 0 Å². The zero-order valence-corrected chi connectivity index (χ0v) is 12.2. The van der Waals surface area contributed by atoms with Crippen molar-refractivity contribution < 1.29 is 17.9 Å². The lowest BCUT2D eigenvalue weighted by Gasteiger charge is -2.08. The molecule has 20 heavy (non-hydrogen) atoms. The minimum Gasteiger partial charge on any atom is -0.386 e. The third-order valence-corrected chi connectivity index (χ3v) is 4.64. The summed E-state index contributed by atoms with van der Waals surface area (Å²) in [5, 5.41) is 14.3. The summed E-state index contributed by atoms with van der Waals surface area (Å²) in [6.07, 6.45) is 2.44. The van der Waals surface area contributed by atoms with E-state index in [1.54, 1.807) is 13.2 Å². The summed E-state index contributed by atoms with van der Waals surface area (Å²) in [5.41, 5.74) is -0.0632. The summed E-state index contributed by atoms with van der Waals surface area (Å²) >= 11 is 0. The van der Waals surface area contributed by atoms with Crippen LogP contribution in [0.2, 0.25) is 0 Å². The number of hydrogen-bond donors (Lipinski definition) is 2. The van der Waals surface area contributed by atoms with Gasteiger partial charge in [0.15, 0.2) is 9.84 Å². The molecule has 2 N–H and O–H groups in total. The van der Waals surface area contributed by atoms with Gasteiger partial charge in [-0.05, 0) is 12.8 Å². The van der Waals surface area contributed by atoms with E-state index >= 15 is 0 Å². The standard InChI is InChI=1S/C12H19N3O4S/c1-19-5-2-4-14-12(16)10(7-13)8-15-11-3-6-20(17,18)9-11/h8,11,15H,2-6,9H2,1H3,(H,14,16)/b10-8-. The highest BCUT2D eigenvalue weighted by Gasteiger charge is 2.27. The first-order chi connectivity index (χ1) is 9.48. The van der Waals surface area contributed by atoms with Crippen molar-refractivity contribution in [2.24, 2.45) is 0 Å². The zero-order valence-electron chi connectivity index (χ0n) is 11.4. The van der Waals surface area contributed by atoms with Gasteiger partial charge in [-0.15, -0.1) is 0 Å². The lowest BCUT2D eigenvalue weighted by atomic mass is 10.2. The molecule has 1 fully saturated rings. The van der Waals surface area contributed by atoms with Gasteiger partial charge in [0.2, 0.25) is 0 Å². The summed E-state index contributed by atoms with van der Waals surface area (Å²) < 4.78 is 27.4. The fourth-order valence-electron chi connectivity index (χ4n) is 1.79. The molecule has 0 aromatic carbocycles. The van der Waals surface area contributed by atoms with Gasteiger partial charge >= 0.3 is 0 Å². The van der Waals surface area contributed by atoms with Gasteiger partial charge in [-0.1, -0.05) is 0 Å². The summed E-state index contributed by atoms with van der Waals surface area (Å²) in [6, 6.07) is 1.56. The summed E-state index contributed by atoms with van der Waals surface area (Å²) in [7, 11) is -1.41. The van der Waals surface area contributed by atoms with Crippen LogP contribution < -0.4 is 10.6 Å². The Labute approximate surface area is 118 Å². The van der Waals surface area contributed by atoms with E-state index in [9.17, 15) is 13.2 Å². The number of carbonyl (C=O) groups excluding carboxylic acids is 1. The van der Waals surface area contributed by atoms with Crippen LogP contribution in [0.15, 0.2) is 11.8 Å². The molecule has 1 aliphatic rings. The topological polar surface area (TPSA) is 108 Å². The number of hydrogen-bond acceptors (Lipinski definition) is 6. The van der Waals surface area contributed by atoms with Crippen LogP contribution in [0.25, 0.3) is 0 Å². The third-order valence-electron chi connectivity index (χ3n) is 2.87. The highest BCUT2D eigenvalue weighted by Crippen LogP contribution is 2.11. The second-order valence-corrected chi connectivity index (χ2v) is 6.77. The molecule has 0 aromatic heterocycles. The monoisotopic (exact) mass is 301 g/mol. The zero-order chi connectivity index (χ0) is 15.0. The first-order valence-corrected chi connectivity index (χ1v) is 8.14. The lowest BCUT2D eigenvalue weighted by molar-refractivity contribution is -0.117. The van der Waals surface area contributed by atoms with E-state index in [1.165, 1.54) is 6.20 Å². The first kappa shape index (κ1) is 16.5. The molecule has 0 aliphatic carbocycles. The van der Waals surface area contributed by atoms with Crippen LogP contribution >= 0.6 is 0 Å². The van der Waals surface area contributed by atoms with Gasteiger partial charge < -0.3 is 15.4 Å². The summed E-state index contributed by atoms with van der Waals surface area (Å²) in [4.78, 5) is 11.7. The Kier molecular flexibility index (Phi) is 6.48. The van der Waals surface area contributed by atoms with Crippen molar-refractivity contribution in [3.8, 4) is 6.07 Å². The van der Waals surface area contributed by atoms with Crippen molar-refractivity contribution in [2.75, 3.05) is 31.8 Å². The molecule has 1 rings (SSSR count). The highest BCUT2D eigenvalue weighted by molar-refractivity contribution is 7.91. The molecule has 1 amide bonds. The molecule has 0 bridgehead atoms. The summed E-state index contributed by atoms with van der Waals surface area (Å²) in [5.74, 6) is -0.293. The Morgan fingerprint density at radius 2 is 2.30 bits per heavy atom. The molecule has 7 nitrogen and oxygen atoms in total. The molecule has 0 saturated carbocycles. The molecule has 1 saturated heterocycles. The number of nitriles is 1. The largest absolute Gasteiger partial charge is 0.386 e. The van der Waals surface area contributed by atoms with Gasteiger partial charge in [-0.25, -0.2) is 8.42 Å². The lowest BCUT2D eigenvalue weighted by Crippen LogP contribution is -2.30. The van der Waals surface area contributed by atoms with Gasteiger partial charge in [0.05, 0.1) is 11.5 Å². The number of carbonyl (C=O) groups is 1. The number of nitrogens with one attached hydrogen (secondary N) is 2. The van der Waals surface area contributed by atoms with Crippen LogP contribution in [0.4, 0.5) is 0 Å². The molecular formula is C12H19N3O4S. The van der Waals surface area contributed by atoms with E-state index in [0.29, 0.717) is 26.0 Å². The second-order valence-electron chi connectivity index (χ2n) is 4.54. The van der Waals surface area contributed by atoms with Crippen LogP contribution in [-0.2, 0) is 19.4 Å². The molecule has 1 aliphatic heterocycles. The quantitative estimate of drug-likeness (QED) is 0.366. The maximum Gasteiger partial charge on any atom is 0.263 e. The molecule has 0 aromatic rings. The number of ether oxygens (including phenoxy) is 1. The van der Waals surface area contributed by atoms with Crippen LogP contribution in [0.3, 0.4) is 0 Å². The van der Waals surface area contributed by atoms with Crippen LogP contribution in [0.1, 0.15) is 12.8 Å². The van der Waals surface area contributed by atoms with Crippen molar-refractivity contribution in [3.63, 3.8) is 0 Å². The number of methoxy groups -OCH3 is 1. The summed E-state index contributed by atoms with van der Waals surface area (Å²) in [6.45, 7) is 0.952. The average Bonchev–Trinajstić information content (AvgIpc) is 2.75. The van der Waals surface area contributed by atoms with Crippen molar-refractivity contribution in [1.29, 1.82) is 5.26 Å². The predicted octanol–water partition coefficient (Wildman–Crippen LogP) is -0.677. The third kappa shape index (κ3) is 5.59. The minimum atomic E-state index is -2.98. The Hall–Kier alpha value is -1.59. The van der Waals surface area contributed by atoms with E-state index < -0.39 is 15.7 Å². The van der Waals surface area contributed by atoms with Crippen LogP contribution in [0.5, 0.6) is 0 Å². The molecule has 8 heteroatoms. The Morgan fingerprint density at radius 1 is 1.55 bits per heavy atom. The van der Waals surface area contributed by atoms with E-state index in [-0.39, 0.29) is 23.1 Å². The Balaban J connectivity index is 2.43. The molecule has 0 radical (unpaired) electrons. The van der Waals surface area contributed by atoms with E-state index in [1.807, 2.05) is 0 Å². The van der Waals surface area contributed by atoms with Crippen molar-refractivity contribution in [3.05, 3.63) is 11.8 Å². The average molecular weight is 301 g/mol. The minimum absolute atomic E-state index is 0.0394. The van der Waals surface area contributed by atoms with Gasteiger partial charge in [0.25, 0.3) is 5.91 Å². The second kappa shape index (κ2) is 7.87. The van der Waals surface area contributed by atoms with Crippen molar-refractivity contribution in [1.82, 2.24) is 10.6 Å². The first-order valence-electron chi connectivity index (χ1n) is 6.32. The molecular weight excluding hydrogens is 282 g/mol. The normalized spacial score (nSPS) is 21.2. The molecule has 0 spiro atoms. The maximum atomic E-state index is 11.7. The maximum absolute atomic E-state index is 11.7. The van der Waals surface area contributed by atoms with Gasteiger partial charge in [-0.3, -0.25) is 4.79 Å². The molecule has 1 heterocycles. The van der Waals surface area contributed by atoms with Gasteiger partial charge in [0, 0.05) is 32.5 Å². The SMILES string of the molecule is COCCCNC(=O)/C(C#N)=C\NC1CCS(=O)(=O)C1. The van der Waals surface area contributed by atoms with Crippen LogP contribution in [0, 0.1) is 11.3 Å². The predicted molar refractivity (Wildman–Crippen MR) is 73.4 cm³/mol. The Bertz CT molecular complexity index is 507. The van der Waals surface area contributed by atoms with Crippen molar-refractivity contribution in [2.45, 2.75) is 18.9 Å². The van der Waals surface area contributed by atoms with Crippen molar-refractivity contribution >= 4 is 15.7 Å². The van der Waals surface area contributed by atoms with Gasteiger partial charge in [-0.2, -0.15) is 5.26 Å².